The molecule has 1 aromatic heterocycles. The molecular formula is C12H13N3O2. The van der Waals surface area contributed by atoms with Gasteiger partial charge in [0, 0.05) is 6.42 Å². The lowest BCUT2D eigenvalue weighted by atomic mass is 10.1. The number of carbonyl (C=O) groups excluding carboxylic acids is 1. The molecule has 2 rings (SSSR count). The van der Waals surface area contributed by atoms with Crippen LogP contribution in [-0.4, -0.2) is 11.0 Å². The number of amides is 2. The van der Waals surface area contributed by atoms with Crippen LogP contribution in [0.4, 0.5) is 4.79 Å². The zero-order valence-electron chi connectivity index (χ0n) is 9.17. The zero-order chi connectivity index (χ0) is 12.1. The average Bonchev–Trinajstić information content (AvgIpc) is 2.82. The second-order valence-corrected chi connectivity index (χ2v) is 3.62. The van der Waals surface area contributed by atoms with Crippen LogP contribution < -0.4 is 11.1 Å². The molecule has 0 saturated heterocycles. The molecule has 0 aliphatic rings. The number of aromatic nitrogens is 1. The van der Waals surface area contributed by atoms with E-state index in [2.05, 4.69) is 10.3 Å². The lowest BCUT2D eigenvalue weighted by Gasteiger charge is -2.13. The van der Waals surface area contributed by atoms with Crippen LogP contribution in [0.15, 0.2) is 47.2 Å². The van der Waals surface area contributed by atoms with Crippen molar-refractivity contribution in [1.29, 1.82) is 0 Å². The zero-order valence-corrected chi connectivity index (χ0v) is 9.17. The highest BCUT2D eigenvalue weighted by atomic mass is 16.3. The summed E-state index contributed by atoms with van der Waals surface area (Å²) in [6, 6.07) is 8.81. The molecule has 5 nitrogen and oxygen atoms in total. The van der Waals surface area contributed by atoms with Crippen LogP contribution in [-0.2, 0) is 6.42 Å². The Labute approximate surface area is 98.6 Å². The Hall–Kier alpha value is -2.30. The Morgan fingerprint density at radius 3 is 2.76 bits per heavy atom. The van der Waals surface area contributed by atoms with Crippen LogP contribution in [0.5, 0.6) is 0 Å². The lowest BCUT2D eigenvalue weighted by Crippen LogP contribution is -2.34. The van der Waals surface area contributed by atoms with Crippen molar-refractivity contribution in [1.82, 2.24) is 10.3 Å². The van der Waals surface area contributed by atoms with E-state index in [1.807, 2.05) is 30.3 Å². The van der Waals surface area contributed by atoms with Gasteiger partial charge in [0.1, 0.15) is 12.3 Å². The maximum absolute atomic E-state index is 10.9. The number of nitrogens with zero attached hydrogens (tertiary/aromatic N) is 1. The van der Waals surface area contributed by atoms with Gasteiger partial charge in [-0.15, -0.1) is 0 Å². The molecule has 1 heterocycles. The molecule has 0 saturated carbocycles. The van der Waals surface area contributed by atoms with Gasteiger partial charge in [-0.3, -0.25) is 0 Å². The fourth-order valence-electron chi connectivity index (χ4n) is 1.63. The third-order valence-corrected chi connectivity index (χ3v) is 2.35. The second kappa shape index (κ2) is 5.16. The summed E-state index contributed by atoms with van der Waals surface area (Å²) in [4.78, 5) is 15.0. The van der Waals surface area contributed by atoms with Gasteiger partial charge in [-0.25, -0.2) is 9.78 Å². The SMILES string of the molecule is NC(=O)NC(Cc1ccccc1)c1ncco1. The minimum atomic E-state index is -0.593. The maximum Gasteiger partial charge on any atom is 0.312 e. The van der Waals surface area contributed by atoms with Gasteiger partial charge in [0.2, 0.25) is 5.89 Å². The highest BCUT2D eigenvalue weighted by Gasteiger charge is 2.17. The quantitative estimate of drug-likeness (QED) is 0.839. The van der Waals surface area contributed by atoms with E-state index in [-0.39, 0.29) is 6.04 Å². The van der Waals surface area contributed by atoms with Crippen molar-refractivity contribution >= 4 is 6.03 Å². The molecule has 0 spiro atoms. The van der Waals surface area contributed by atoms with Crippen LogP contribution in [0.25, 0.3) is 0 Å². The Bertz CT molecular complexity index is 468. The molecule has 1 atom stereocenters. The molecule has 5 heteroatoms. The molecule has 17 heavy (non-hydrogen) atoms. The molecule has 1 unspecified atom stereocenters. The number of hydrogen-bond acceptors (Lipinski definition) is 3. The minimum Gasteiger partial charge on any atom is -0.447 e. The summed E-state index contributed by atoms with van der Waals surface area (Å²) >= 11 is 0. The minimum absolute atomic E-state index is 0.343. The van der Waals surface area contributed by atoms with E-state index < -0.39 is 6.03 Å². The summed E-state index contributed by atoms with van der Waals surface area (Å²) in [7, 11) is 0. The maximum atomic E-state index is 10.9. The number of rotatable bonds is 4. The van der Waals surface area contributed by atoms with Gasteiger partial charge in [0.15, 0.2) is 0 Å². The van der Waals surface area contributed by atoms with E-state index in [4.69, 9.17) is 10.2 Å². The first kappa shape index (κ1) is 11.2. The molecule has 0 radical (unpaired) electrons. The highest BCUT2D eigenvalue weighted by molar-refractivity contribution is 5.72. The van der Waals surface area contributed by atoms with Crippen LogP contribution in [0.1, 0.15) is 17.5 Å². The first-order chi connectivity index (χ1) is 8.25. The molecule has 0 fully saturated rings. The number of primary amides is 1. The molecule has 3 N–H and O–H groups in total. The number of nitrogens with one attached hydrogen (secondary N) is 1. The first-order valence-electron chi connectivity index (χ1n) is 5.25. The summed E-state index contributed by atoms with van der Waals surface area (Å²) in [5.41, 5.74) is 6.21. The van der Waals surface area contributed by atoms with E-state index in [0.717, 1.165) is 5.56 Å². The predicted molar refractivity (Wildman–Crippen MR) is 62.1 cm³/mol. The third-order valence-electron chi connectivity index (χ3n) is 2.35. The van der Waals surface area contributed by atoms with Crippen LogP contribution in [0.3, 0.4) is 0 Å². The summed E-state index contributed by atoms with van der Waals surface area (Å²) in [5, 5.41) is 2.61. The van der Waals surface area contributed by atoms with Crippen molar-refractivity contribution in [2.45, 2.75) is 12.5 Å². The van der Waals surface area contributed by atoms with Crippen LogP contribution >= 0.6 is 0 Å². The van der Waals surface area contributed by atoms with Crippen molar-refractivity contribution in [2.75, 3.05) is 0 Å². The van der Waals surface area contributed by atoms with Gasteiger partial charge in [-0.2, -0.15) is 0 Å². The third kappa shape index (κ3) is 3.07. The van der Waals surface area contributed by atoms with E-state index in [9.17, 15) is 4.79 Å². The van der Waals surface area contributed by atoms with Crippen molar-refractivity contribution in [3.63, 3.8) is 0 Å². The predicted octanol–water partition coefficient (Wildman–Crippen LogP) is 1.63. The number of oxazole rings is 1. The lowest BCUT2D eigenvalue weighted by molar-refractivity contribution is 0.242. The Morgan fingerprint density at radius 2 is 2.18 bits per heavy atom. The van der Waals surface area contributed by atoms with E-state index >= 15 is 0 Å². The largest absolute Gasteiger partial charge is 0.447 e. The van der Waals surface area contributed by atoms with Crippen LogP contribution in [0.2, 0.25) is 0 Å². The molecule has 0 aliphatic heterocycles. The summed E-state index contributed by atoms with van der Waals surface area (Å²) < 4.78 is 5.19. The molecular weight excluding hydrogens is 218 g/mol. The molecule has 0 bridgehead atoms. The van der Waals surface area contributed by atoms with Gasteiger partial charge in [0.25, 0.3) is 0 Å². The Kier molecular flexibility index (Phi) is 3.40. The van der Waals surface area contributed by atoms with Crippen molar-refractivity contribution in [3.8, 4) is 0 Å². The van der Waals surface area contributed by atoms with Crippen LogP contribution in [0, 0.1) is 0 Å². The molecule has 88 valence electrons. The van der Waals surface area contributed by atoms with Gasteiger partial charge < -0.3 is 15.5 Å². The van der Waals surface area contributed by atoms with E-state index in [1.54, 1.807) is 0 Å². The van der Waals surface area contributed by atoms with Gasteiger partial charge in [-0.05, 0) is 5.56 Å². The van der Waals surface area contributed by atoms with Crippen molar-refractivity contribution < 1.29 is 9.21 Å². The number of hydrogen-bond donors (Lipinski definition) is 2. The standard InChI is InChI=1S/C12H13N3O2/c13-12(16)15-10(11-14-6-7-17-11)8-9-4-2-1-3-5-9/h1-7,10H,8H2,(H3,13,15,16). The van der Waals surface area contributed by atoms with Crippen molar-refractivity contribution in [2.24, 2.45) is 5.73 Å². The fourth-order valence-corrected chi connectivity index (χ4v) is 1.63. The summed E-state index contributed by atoms with van der Waals surface area (Å²) in [6.07, 6.45) is 3.59. The van der Waals surface area contributed by atoms with Gasteiger partial charge in [0.05, 0.1) is 6.20 Å². The molecule has 1 aromatic carbocycles. The normalized spacial score (nSPS) is 12.0. The summed E-state index contributed by atoms with van der Waals surface area (Å²) in [5.74, 6) is 0.452. The second-order valence-electron chi connectivity index (χ2n) is 3.62. The molecule has 0 aliphatic carbocycles. The number of carbonyl (C=O) groups is 1. The number of benzene rings is 1. The van der Waals surface area contributed by atoms with E-state index in [0.29, 0.717) is 12.3 Å². The smallest absolute Gasteiger partial charge is 0.312 e. The average molecular weight is 231 g/mol. The Balaban J connectivity index is 2.14. The monoisotopic (exact) mass is 231 g/mol. The van der Waals surface area contributed by atoms with E-state index in [1.165, 1.54) is 12.5 Å². The molecule has 2 amide bonds. The first-order valence-corrected chi connectivity index (χ1v) is 5.25. The summed E-state index contributed by atoms with van der Waals surface area (Å²) in [6.45, 7) is 0. The Morgan fingerprint density at radius 1 is 1.41 bits per heavy atom. The number of nitrogens with two attached hydrogens (primary N) is 1. The fraction of sp³-hybridized carbons (Fsp3) is 0.167. The number of urea groups is 1. The van der Waals surface area contributed by atoms with Gasteiger partial charge >= 0.3 is 6.03 Å². The molecule has 2 aromatic rings. The van der Waals surface area contributed by atoms with Crippen molar-refractivity contribution in [3.05, 3.63) is 54.2 Å². The topological polar surface area (TPSA) is 81.2 Å². The highest BCUT2D eigenvalue weighted by Crippen LogP contribution is 2.16. The van der Waals surface area contributed by atoms with Gasteiger partial charge in [-0.1, -0.05) is 30.3 Å².